The number of likely N-dealkylation sites (tertiary alicyclic amines) is 1. The minimum atomic E-state index is -0.255. The number of aromatic nitrogens is 2. The monoisotopic (exact) mass is 375 g/mol. The molecule has 3 heterocycles. The Balaban J connectivity index is 1.48. The van der Waals surface area contributed by atoms with Gasteiger partial charge in [0.2, 0.25) is 5.91 Å². The van der Waals surface area contributed by atoms with Crippen LogP contribution in [0.1, 0.15) is 30.0 Å². The third kappa shape index (κ3) is 4.25. The van der Waals surface area contributed by atoms with Crippen LogP contribution in [0.5, 0.6) is 0 Å². The molecule has 1 atom stereocenters. The summed E-state index contributed by atoms with van der Waals surface area (Å²) in [4.78, 5) is 23.5. The Morgan fingerprint density at radius 3 is 2.75 bits per heavy atom. The van der Waals surface area contributed by atoms with Crippen LogP contribution in [-0.4, -0.2) is 33.9 Å². The van der Waals surface area contributed by atoms with E-state index in [1.54, 1.807) is 24.5 Å². The fourth-order valence-corrected chi connectivity index (χ4v) is 3.69. The largest absolute Gasteiger partial charge is 0.342 e. The van der Waals surface area contributed by atoms with Crippen molar-refractivity contribution in [3.8, 4) is 11.3 Å². The van der Waals surface area contributed by atoms with Crippen LogP contribution in [0.2, 0.25) is 0 Å². The average molecular weight is 375 g/mol. The number of halogens is 1. The number of piperidine rings is 1. The molecule has 28 heavy (non-hydrogen) atoms. The molecule has 1 saturated heterocycles. The molecule has 3 aromatic rings. The lowest BCUT2D eigenvalue weighted by atomic mass is 9.93. The highest BCUT2D eigenvalue weighted by Crippen LogP contribution is 2.28. The number of amides is 1. The minimum absolute atomic E-state index is 0.132. The second-order valence-corrected chi connectivity index (χ2v) is 7.17. The van der Waals surface area contributed by atoms with Crippen LogP contribution in [0.3, 0.4) is 0 Å². The molecular weight excluding hydrogens is 353 g/mol. The number of carbonyl (C=O) groups excluding carboxylic acids is 1. The van der Waals surface area contributed by atoms with E-state index in [9.17, 15) is 9.18 Å². The maximum absolute atomic E-state index is 13.2. The number of rotatable bonds is 4. The number of nitrogens with zero attached hydrogens (tertiary/aromatic N) is 3. The van der Waals surface area contributed by atoms with E-state index in [0.717, 1.165) is 41.9 Å². The van der Waals surface area contributed by atoms with Crippen molar-refractivity contribution in [1.82, 2.24) is 14.9 Å². The van der Waals surface area contributed by atoms with E-state index < -0.39 is 0 Å². The molecule has 0 aliphatic carbocycles. The van der Waals surface area contributed by atoms with Gasteiger partial charge in [0, 0.05) is 42.7 Å². The number of carbonyl (C=O) groups is 1. The van der Waals surface area contributed by atoms with Gasteiger partial charge in [-0.1, -0.05) is 12.1 Å². The molecule has 1 aliphatic rings. The van der Waals surface area contributed by atoms with Crippen LogP contribution < -0.4 is 0 Å². The van der Waals surface area contributed by atoms with Crippen molar-refractivity contribution >= 4 is 5.91 Å². The van der Waals surface area contributed by atoms with Gasteiger partial charge in [-0.2, -0.15) is 0 Å². The Morgan fingerprint density at radius 1 is 1.11 bits per heavy atom. The SMILES string of the molecule is O=C(Cc1cccnc1)N1CCCC(c2cccc(-c3ccc(F)cc3)n2)C1. The van der Waals surface area contributed by atoms with Crippen molar-refractivity contribution in [2.75, 3.05) is 13.1 Å². The van der Waals surface area contributed by atoms with Crippen molar-refractivity contribution in [1.29, 1.82) is 0 Å². The first-order valence-corrected chi connectivity index (χ1v) is 9.58. The lowest BCUT2D eigenvalue weighted by molar-refractivity contribution is -0.131. The van der Waals surface area contributed by atoms with E-state index in [-0.39, 0.29) is 17.6 Å². The Kier molecular flexibility index (Phi) is 5.42. The van der Waals surface area contributed by atoms with Crippen LogP contribution in [-0.2, 0) is 11.2 Å². The highest BCUT2D eigenvalue weighted by molar-refractivity contribution is 5.78. The summed E-state index contributed by atoms with van der Waals surface area (Å²) in [6, 6.07) is 16.1. The van der Waals surface area contributed by atoms with Gasteiger partial charge < -0.3 is 4.90 Å². The zero-order valence-electron chi connectivity index (χ0n) is 15.6. The summed E-state index contributed by atoms with van der Waals surface area (Å²) in [5, 5.41) is 0. The smallest absolute Gasteiger partial charge is 0.227 e. The van der Waals surface area contributed by atoms with Crippen LogP contribution in [0, 0.1) is 5.82 Å². The first kappa shape index (κ1) is 18.3. The fourth-order valence-electron chi connectivity index (χ4n) is 3.69. The molecule has 4 nitrogen and oxygen atoms in total. The second-order valence-electron chi connectivity index (χ2n) is 7.17. The van der Waals surface area contributed by atoms with Gasteiger partial charge in [-0.05, 0) is 60.9 Å². The van der Waals surface area contributed by atoms with Gasteiger partial charge >= 0.3 is 0 Å². The lowest BCUT2D eigenvalue weighted by Gasteiger charge is -2.32. The van der Waals surface area contributed by atoms with Crippen molar-refractivity contribution < 1.29 is 9.18 Å². The van der Waals surface area contributed by atoms with Gasteiger partial charge in [0.15, 0.2) is 0 Å². The molecule has 0 bridgehead atoms. The molecule has 0 saturated carbocycles. The summed E-state index contributed by atoms with van der Waals surface area (Å²) in [5.41, 5.74) is 3.65. The van der Waals surface area contributed by atoms with Crippen LogP contribution in [0.15, 0.2) is 67.0 Å². The van der Waals surface area contributed by atoms with E-state index in [2.05, 4.69) is 4.98 Å². The molecule has 1 fully saturated rings. The molecular formula is C23H22FN3O. The summed E-state index contributed by atoms with van der Waals surface area (Å²) in [5.74, 6) is 0.0920. The molecule has 1 aliphatic heterocycles. The Morgan fingerprint density at radius 2 is 1.96 bits per heavy atom. The topological polar surface area (TPSA) is 46.1 Å². The molecule has 5 heteroatoms. The molecule has 1 unspecified atom stereocenters. The van der Waals surface area contributed by atoms with E-state index in [1.807, 2.05) is 35.2 Å². The van der Waals surface area contributed by atoms with E-state index >= 15 is 0 Å². The lowest BCUT2D eigenvalue weighted by Crippen LogP contribution is -2.40. The fraction of sp³-hybridized carbons (Fsp3) is 0.261. The standard InChI is InChI=1S/C23H22FN3O/c24-20-10-8-18(9-11-20)21-6-1-7-22(26-21)19-5-3-13-27(16-19)23(28)14-17-4-2-12-25-15-17/h1-2,4,6-12,15,19H,3,5,13-14,16H2. The molecule has 142 valence electrons. The van der Waals surface area contributed by atoms with Gasteiger partial charge in [-0.3, -0.25) is 14.8 Å². The predicted molar refractivity (Wildman–Crippen MR) is 106 cm³/mol. The first-order chi connectivity index (χ1) is 13.7. The van der Waals surface area contributed by atoms with Crippen molar-refractivity contribution in [3.05, 3.63) is 84.1 Å². The van der Waals surface area contributed by atoms with Crippen LogP contribution in [0.4, 0.5) is 4.39 Å². The minimum Gasteiger partial charge on any atom is -0.342 e. The van der Waals surface area contributed by atoms with Crippen LogP contribution >= 0.6 is 0 Å². The first-order valence-electron chi connectivity index (χ1n) is 9.58. The summed E-state index contributed by atoms with van der Waals surface area (Å²) >= 11 is 0. The Hall–Kier alpha value is -3.08. The highest BCUT2D eigenvalue weighted by atomic mass is 19.1. The molecule has 0 N–H and O–H groups in total. The molecule has 0 spiro atoms. The summed E-state index contributed by atoms with van der Waals surface area (Å²) in [6.45, 7) is 1.46. The second kappa shape index (κ2) is 8.30. The van der Waals surface area contributed by atoms with Gasteiger partial charge in [-0.15, -0.1) is 0 Å². The van der Waals surface area contributed by atoms with Gasteiger partial charge in [0.05, 0.1) is 12.1 Å². The van der Waals surface area contributed by atoms with E-state index in [4.69, 9.17) is 4.98 Å². The van der Waals surface area contributed by atoms with E-state index in [1.165, 1.54) is 12.1 Å². The average Bonchev–Trinajstić information content (AvgIpc) is 2.75. The van der Waals surface area contributed by atoms with Crippen LogP contribution in [0.25, 0.3) is 11.3 Å². The molecule has 1 aromatic carbocycles. The maximum Gasteiger partial charge on any atom is 0.227 e. The number of pyridine rings is 2. The maximum atomic E-state index is 13.2. The zero-order chi connectivity index (χ0) is 19.3. The van der Waals surface area contributed by atoms with Crippen molar-refractivity contribution in [2.24, 2.45) is 0 Å². The third-order valence-electron chi connectivity index (χ3n) is 5.18. The van der Waals surface area contributed by atoms with Gasteiger partial charge in [0.1, 0.15) is 5.82 Å². The summed E-state index contributed by atoms with van der Waals surface area (Å²) in [7, 11) is 0. The Bertz CT molecular complexity index is 944. The number of hydrogen-bond donors (Lipinski definition) is 0. The number of hydrogen-bond acceptors (Lipinski definition) is 3. The molecule has 2 aromatic heterocycles. The highest BCUT2D eigenvalue weighted by Gasteiger charge is 2.25. The van der Waals surface area contributed by atoms with Crippen molar-refractivity contribution in [3.63, 3.8) is 0 Å². The zero-order valence-corrected chi connectivity index (χ0v) is 15.6. The van der Waals surface area contributed by atoms with Gasteiger partial charge in [-0.25, -0.2) is 4.39 Å². The van der Waals surface area contributed by atoms with E-state index in [0.29, 0.717) is 13.0 Å². The third-order valence-corrected chi connectivity index (χ3v) is 5.18. The Labute approximate surface area is 164 Å². The normalized spacial score (nSPS) is 16.8. The molecule has 0 radical (unpaired) electrons. The quantitative estimate of drug-likeness (QED) is 0.685. The summed E-state index contributed by atoms with van der Waals surface area (Å²) in [6.07, 6.45) is 5.81. The predicted octanol–water partition coefficient (Wildman–Crippen LogP) is 4.23. The van der Waals surface area contributed by atoms with Gasteiger partial charge in [0.25, 0.3) is 0 Å². The molecule has 1 amide bonds. The van der Waals surface area contributed by atoms with Crippen molar-refractivity contribution in [2.45, 2.75) is 25.2 Å². The summed E-state index contributed by atoms with van der Waals surface area (Å²) < 4.78 is 13.2. The molecule has 4 rings (SSSR count). The number of benzene rings is 1.